The number of carbonyl (C=O) groups excluding carboxylic acids is 1. The minimum atomic E-state index is -0.250. The van der Waals surface area contributed by atoms with E-state index in [0.717, 1.165) is 6.54 Å². The number of hydrogen-bond donors (Lipinski definition) is 0. The normalized spacial score (nSPS) is 11.5. The van der Waals surface area contributed by atoms with E-state index >= 15 is 0 Å². The molecule has 0 saturated heterocycles. The maximum Gasteiger partial charge on any atom is 0.308 e. The van der Waals surface area contributed by atoms with Crippen LogP contribution in [0.4, 0.5) is 0 Å². The summed E-state index contributed by atoms with van der Waals surface area (Å²) < 4.78 is 64.6. The monoisotopic (exact) mass is 629 g/mol. The van der Waals surface area contributed by atoms with Crippen LogP contribution < -0.4 is 0 Å². The van der Waals surface area contributed by atoms with Crippen molar-refractivity contribution in [2.75, 3.05) is 173 Å². The standard InChI is InChI=1S/C29H59NO13/c1-4-43-29(31)5-7-32-9-11-34-13-15-36-17-19-38-21-23-40-25-27-42-28-26-41-24-22-39-20-18-37-16-14-35-12-10-33-8-6-30(2)3/h4-28H2,1-3H3. The zero-order chi connectivity index (χ0) is 31.3. The molecule has 0 aliphatic carbocycles. The molecular weight excluding hydrogens is 570 g/mol. The van der Waals surface area contributed by atoms with Crippen LogP contribution in [0.2, 0.25) is 0 Å². The van der Waals surface area contributed by atoms with E-state index in [9.17, 15) is 4.79 Å². The molecule has 0 aromatic heterocycles. The number of nitrogens with zero attached hydrogens (tertiary/aromatic N) is 1. The lowest BCUT2D eigenvalue weighted by molar-refractivity contribution is -0.144. The quantitative estimate of drug-likeness (QED) is 0.0705. The van der Waals surface area contributed by atoms with Crippen molar-refractivity contribution >= 4 is 5.97 Å². The molecule has 43 heavy (non-hydrogen) atoms. The summed E-state index contributed by atoms with van der Waals surface area (Å²) in [4.78, 5) is 13.2. The third-order valence-corrected chi connectivity index (χ3v) is 5.16. The molecular formula is C29H59NO13. The summed E-state index contributed by atoms with van der Waals surface area (Å²) in [5.41, 5.74) is 0. The van der Waals surface area contributed by atoms with Gasteiger partial charge in [-0.1, -0.05) is 0 Å². The van der Waals surface area contributed by atoms with Crippen molar-refractivity contribution in [2.24, 2.45) is 0 Å². The van der Waals surface area contributed by atoms with Gasteiger partial charge in [0.1, 0.15) is 0 Å². The van der Waals surface area contributed by atoms with Crippen LogP contribution in [0.15, 0.2) is 0 Å². The lowest BCUT2D eigenvalue weighted by Gasteiger charge is -2.10. The molecule has 0 aliphatic rings. The number of carbonyl (C=O) groups is 1. The van der Waals surface area contributed by atoms with E-state index in [1.807, 2.05) is 14.1 Å². The highest BCUT2D eigenvalue weighted by atomic mass is 16.6. The zero-order valence-electron chi connectivity index (χ0n) is 26.9. The maximum absolute atomic E-state index is 11.1. The average Bonchev–Trinajstić information content (AvgIpc) is 2.99. The molecule has 0 aromatic rings. The SMILES string of the molecule is CCOC(=O)CCOCCOCCOCCOCCOCCOCCOCCOCCOCCOCCOCCN(C)C. The Balaban J connectivity index is 3.06. The minimum Gasteiger partial charge on any atom is -0.466 e. The molecule has 258 valence electrons. The molecule has 0 N–H and O–H groups in total. The summed E-state index contributed by atoms with van der Waals surface area (Å²) in [5.74, 6) is -0.250. The van der Waals surface area contributed by atoms with Gasteiger partial charge in [0.15, 0.2) is 0 Å². The Labute approximate surface area is 258 Å². The number of likely N-dealkylation sites (N-methyl/N-ethyl adjacent to an activating group) is 1. The van der Waals surface area contributed by atoms with Crippen LogP contribution in [0.1, 0.15) is 13.3 Å². The molecule has 0 bridgehead atoms. The first kappa shape index (κ1) is 42.0. The van der Waals surface area contributed by atoms with Gasteiger partial charge >= 0.3 is 5.97 Å². The van der Waals surface area contributed by atoms with E-state index in [4.69, 9.17) is 56.8 Å². The Hall–Kier alpha value is -1.01. The molecule has 0 spiro atoms. The Bertz CT molecular complexity index is 547. The summed E-state index contributed by atoms with van der Waals surface area (Å²) in [6, 6.07) is 0. The van der Waals surface area contributed by atoms with Gasteiger partial charge in [0.2, 0.25) is 0 Å². The Morgan fingerprint density at radius 1 is 0.395 bits per heavy atom. The van der Waals surface area contributed by atoms with Crippen molar-refractivity contribution in [3.05, 3.63) is 0 Å². The minimum absolute atomic E-state index is 0.250. The van der Waals surface area contributed by atoms with Gasteiger partial charge in [-0.2, -0.15) is 0 Å². The van der Waals surface area contributed by atoms with Gasteiger partial charge in [-0.15, -0.1) is 0 Å². The van der Waals surface area contributed by atoms with E-state index in [1.165, 1.54) is 0 Å². The Morgan fingerprint density at radius 3 is 0.860 bits per heavy atom. The van der Waals surface area contributed by atoms with Crippen LogP contribution in [-0.4, -0.2) is 183 Å². The molecule has 0 rings (SSSR count). The van der Waals surface area contributed by atoms with E-state index in [0.29, 0.717) is 152 Å². The molecule has 14 heteroatoms. The van der Waals surface area contributed by atoms with Gasteiger partial charge < -0.3 is 61.7 Å². The number of hydrogen-bond acceptors (Lipinski definition) is 14. The molecule has 14 nitrogen and oxygen atoms in total. The maximum atomic E-state index is 11.1. The van der Waals surface area contributed by atoms with Crippen molar-refractivity contribution in [3.63, 3.8) is 0 Å². The van der Waals surface area contributed by atoms with Crippen LogP contribution in [0.5, 0.6) is 0 Å². The van der Waals surface area contributed by atoms with E-state index < -0.39 is 0 Å². The summed E-state index contributed by atoms with van der Waals surface area (Å²) in [6.45, 7) is 14.3. The summed E-state index contributed by atoms with van der Waals surface area (Å²) in [5, 5.41) is 0. The van der Waals surface area contributed by atoms with Crippen molar-refractivity contribution in [2.45, 2.75) is 13.3 Å². The highest BCUT2D eigenvalue weighted by Gasteiger charge is 2.01. The van der Waals surface area contributed by atoms with E-state index in [1.54, 1.807) is 6.92 Å². The Morgan fingerprint density at radius 2 is 0.628 bits per heavy atom. The number of rotatable bonds is 37. The first-order valence-electron chi connectivity index (χ1n) is 15.3. The van der Waals surface area contributed by atoms with Crippen molar-refractivity contribution in [3.8, 4) is 0 Å². The predicted octanol–water partition coefficient (Wildman–Crippen LogP) is 0.684. The Kier molecular flexibility index (Phi) is 36.3. The smallest absolute Gasteiger partial charge is 0.308 e. The van der Waals surface area contributed by atoms with Gasteiger partial charge in [0.25, 0.3) is 0 Å². The van der Waals surface area contributed by atoms with E-state index in [-0.39, 0.29) is 12.4 Å². The van der Waals surface area contributed by atoms with Crippen LogP contribution in [0.3, 0.4) is 0 Å². The van der Waals surface area contributed by atoms with Gasteiger partial charge in [0.05, 0.1) is 158 Å². The second-order valence-corrected chi connectivity index (χ2v) is 9.09. The lowest BCUT2D eigenvalue weighted by atomic mass is 10.5. The molecule has 0 fully saturated rings. The molecule has 0 atom stereocenters. The first-order chi connectivity index (χ1) is 21.2. The fourth-order valence-corrected chi connectivity index (χ4v) is 2.94. The third-order valence-electron chi connectivity index (χ3n) is 5.16. The fraction of sp³-hybridized carbons (Fsp3) is 0.966. The van der Waals surface area contributed by atoms with Crippen LogP contribution in [-0.2, 0) is 61.6 Å². The molecule has 0 saturated carbocycles. The summed E-state index contributed by atoms with van der Waals surface area (Å²) >= 11 is 0. The van der Waals surface area contributed by atoms with Crippen molar-refractivity contribution in [1.29, 1.82) is 0 Å². The number of esters is 1. The molecule has 0 radical (unpaired) electrons. The molecule has 0 aliphatic heterocycles. The third kappa shape index (κ3) is 39.0. The summed E-state index contributed by atoms with van der Waals surface area (Å²) in [6.07, 6.45) is 0.258. The van der Waals surface area contributed by atoms with Crippen LogP contribution >= 0.6 is 0 Å². The van der Waals surface area contributed by atoms with Gasteiger partial charge in [-0.05, 0) is 21.0 Å². The van der Waals surface area contributed by atoms with Gasteiger partial charge in [-0.25, -0.2) is 0 Å². The molecule has 0 aromatic carbocycles. The highest BCUT2D eigenvalue weighted by molar-refractivity contribution is 5.69. The van der Waals surface area contributed by atoms with Gasteiger partial charge in [-0.3, -0.25) is 4.79 Å². The number of ether oxygens (including phenoxy) is 12. The van der Waals surface area contributed by atoms with Gasteiger partial charge in [0, 0.05) is 6.54 Å². The highest BCUT2D eigenvalue weighted by Crippen LogP contribution is 1.90. The topological polar surface area (TPSA) is 131 Å². The zero-order valence-corrected chi connectivity index (χ0v) is 26.9. The van der Waals surface area contributed by atoms with Crippen molar-refractivity contribution < 1.29 is 61.6 Å². The molecule has 0 amide bonds. The van der Waals surface area contributed by atoms with Crippen LogP contribution in [0, 0.1) is 0 Å². The molecule has 0 unspecified atom stereocenters. The van der Waals surface area contributed by atoms with E-state index in [2.05, 4.69) is 4.90 Å². The largest absolute Gasteiger partial charge is 0.466 e. The molecule has 0 heterocycles. The first-order valence-corrected chi connectivity index (χ1v) is 15.3. The average molecular weight is 630 g/mol. The van der Waals surface area contributed by atoms with Crippen LogP contribution in [0.25, 0.3) is 0 Å². The predicted molar refractivity (Wildman–Crippen MR) is 159 cm³/mol. The fourth-order valence-electron chi connectivity index (χ4n) is 2.94. The van der Waals surface area contributed by atoms with Crippen molar-refractivity contribution in [1.82, 2.24) is 4.90 Å². The second-order valence-electron chi connectivity index (χ2n) is 9.09. The summed E-state index contributed by atoms with van der Waals surface area (Å²) in [7, 11) is 4.04. The second kappa shape index (κ2) is 37.2. The lowest BCUT2D eigenvalue weighted by Crippen LogP contribution is -2.19.